The van der Waals surface area contributed by atoms with Crippen LogP contribution in [-0.2, 0) is 19.1 Å². The highest BCUT2D eigenvalue weighted by Crippen LogP contribution is 2.29. The van der Waals surface area contributed by atoms with Gasteiger partial charge in [-0.3, -0.25) is 14.4 Å². The third-order valence-electron chi connectivity index (χ3n) is 6.57. The largest absolute Gasteiger partial charge is 0.497 e. The minimum absolute atomic E-state index is 0.220. The molecule has 2 unspecified atom stereocenters. The smallest absolute Gasteiger partial charge is 0.408 e. The van der Waals surface area contributed by atoms with Crippen molar-refractivity contribution >= 4 is 29.5 Å². The van der Waals surface area contributed by atoms with E-state index in [1.54, 1.807) is 52.1 Å². The first-order valence-corrected chi connectivity index (χ1v) is 14.4. The van der Waals surface area contributed by atoms with Crippen LogP contribution < -0.4 is 21.1 Å². The number of nitrogens with zero attached hydrogens (tertiary/aromatic N) is 1. The molecule has 0 radical (unpaired) electrons. The van der Waals surface area contributed by atoms with Crippen molar-refractivity contribution in [2.24, 2.45) is 5.73 Å². The Hall–Kier alpha value is -4.08. The number of nitrogens with one attached hydrogen (secondary N) is 2. The molecule has 10 nitrogen and oxygen atoms in total. The van der Waals surface area contributed by atoms with Crippen LogP contribution in [-0.4, -0.2) is 54.0 Å². The first kappa shape index (κ1) is 34.1. The van der Waals surface area contributed by atoms with E-state index in [9.17, 15) is 19.2 Å². The van der Waals surface area contributed by atoms with Gasteiger partial charge in [-0.25, -0.2) is 4.79 Å². The van der Waals surface area contributed by atoms with Gasteiger partial charge in [-0.15, -0.1) is 0 Å². The predicted octanol–water partition coefficient (Wildman–Crippen LogP) is 5.17. The molecule has 2 aromatic carbocycles. The number of hydrogen-bond acceptors (Lipinski definition) is 6. The summed E-state index contributed by atoms with van der Waals surface area (Å²) in [4.78, 5) is 54.4. The van der Waals surface area contributed by atoms with E-state index in [2.05, 4.69) is 17.6 Å². The summed E-state index contributed by atoms with van der Waals surface area (Å²) in [5, 5.41) is 5.45. The highest BCUT2D eigenvalue weighted by Gasteiger charge is 2.37. The van der Waals surface area contributed by atoms with Gasteiger partial charge in [0.25, 0.3) is 5.91 Å². The second kappa shape index (κ2) is 15.8. The third kappa shape index (κ3) is 10.7. The van der Waals surface area contributed by atoms with Crippen LogP contribution in [0.3, 0.4) is 0 Å². The molecule has 2 rings (SSSR count). The topological polar surface area (TPSA) is 140 Å². The average molecular weight is 583 g/mol. The Bertz CT molecular complexity index is 1220. The Morgan fingerprint density at radius 3 is 2.19 bits per heavy atom. The Morgan fingerprint density at radius 2 is 1.64 bits per heavy atom. The number of alkyl carbamates (subject to hydrolysis) is 1. The number of rotatable bonds is 14. The van der Waals surface area contributed by atoms with E-state index in [4.69, 9.17) is 15.2 Å². The van der Waals surface area contributed by atoms with Gasteiger partial charge in [0.1, 0.15) is 23.4 Å². The number of aryl methyl sites for hydroxylation is 2. The molecule has 10 heteroatoms. The summed E-state index contributed by atoms with van der Waals surface area (Å²) in [6.07, 6.45) is 2.07. The first-order chi connectivity index (χ1) is 19.7. The number of carbonyl (C=O) groups is 4. The predicted molar refractivity (Wildman–Crippen MR) is 163 cm³/mol. The lowest BCUT2D eigenvalue weighted by Crippen LogP contribution is -2.53. The number of hydrogen-bond donors (Lipinski definition) is 3. The molecule has 0 aromatic heterocycles. The number of primary amides is 1. The number of benzene rings is 2. The van der Waals surface area contributed by atoms with Gasteiger partial charge in [0, 0.05) is 12.2 Å². The molecule has 42 heavy (non-hydrogen) atoms. The molecule has 0 aliphatic rings. The van der Waals surface area contributed by atoms with Gasteiger partial charge >= 0.3 is 6.09 Å². The maximum Gasteiger partial charge on any atom is 0.408 e. The monoisotopic (exact) mass is 582 g/mol. The number of nitrogens with two attached hydrogens (primary N) is 1. The summed E-state index contributed by atoms with van der Waals surface area (Å²) < 4.78 is 10.6. The number of anilines is 1. The summed E-state index contributed by atoms with van der Waals surface area (Å²) in [5.74, 6) is -1.19. The molecule has 2 atom stereocenters. The lowest BCUT2D eigenvalue weighted by atomic mass is 9.95. The minimum Gasteiger partial charge on any atom is -0.497 e. The lowest BCUT2D eigenvalue weighted by Gasteiger charge is -2.35. The van der Waals surface area contributed by atoms with Crippen LogP contribution in [0.2, 0.25) is 0 Å². The van der Waals surface area contributed by atoms with E-state index in [1.165, 1.54) is 4.90 Å². The lowest BCUT2D eigenvalue weighted by molar-refractivity contribution is -0.142. The average Bonchev–Trinajstić information content (AvgIpc) is 2.89. The van der Waals surface area contributed by atoms with Gasteiger partial charge in [0.15, 0.2) is 0 Å². The summed E-state index contributed by atoms with van der Waals surface area (Å²) in [5.41, 5.74) is 7.65. The van der Waals surface area contributed by atoms with Crippen molar-refractivity contribution in [1.82, 2.24) is 10.2 Å². The maximum atomic E-state index is 14.2. The summed E-state index contributed by atoms with van der Waals surface area (Å²) in [7, 11) is 1.56. The molecule has 0 aliphatic carbocycles. The summed E-state index contributed by atoms with van der Waals surface area (Å²) >= 11 is 0. The van der Waals surface area contributed by atoms with Crippen LogP contribution in [0.4, 0.5) is 10.5 Å². The fraction of sp³-hybridized carbons (Fsp3) is 0.500. The SMILES string of the molecule is CCCCCCN(C(=O)C(CC(N)=O)NC(=O)OC(C)(C)C)C(C(=O)Nc1ccc(OC)cc1)c1ccc(C)cc1C. The van der Waals surface area contributed by atoms with Gasteiger partial charge in [-0.2, -0.15) is 0 Å². The number of amides is 4. The molecule has 0 heterocycles. The molecule has 4 amide bonds. The number of ether oxygens (including phenoxy) is 2. The fourth-order valence-electron chi connectivity index (χ4n) is 4.59. The Kier molecular flexibility index (Phi) is 12.8. The van der Waals surface area contributed by atoms with Gasteiger partial charge in [0.05, 0.1) is 13.5 Å². The molecule has 230 valence electrons. The van der Waals surface area contributed by atoms with E-state index in [-0.39, 0.29) is 6.54 Å². The van der Waals surface area contributed by atoms with Crippen LogP contribution in [0.25, 0.3) is 0 Å². The maximum absolute atomic E-state index is 14.2. The second-order valence-electron chi connectivity index (χ2n) is 11.4. The van der Waals surface area contributed by atoms with Crippen LogP contribution in [0.5, 0.6) is 5.75 Å². The molecule has 0 spiro atoms. The van der Waals surface area contributed by atoms with E-state index in [0.29, 0.717) is 23.4 Å². The van der Waals surface area contributed by atoms with E-state index >= 15 is 0 Å². The third-order valence-corrected chi connectivity index (χ3v) is 6.57. The van der Waals surface area contributed by atoms with Crippen LogP contribution in [0.15, 0.2) is 42.5 Å². The molecule has 0 saturated heterocycles. The molecule has 2 aromatic rings. The van der Waals surface area contributed by atoms with Gasteiger partial charge in [0.2, 0.25) is 11.8 Å². The normalized spacial score (nSPS) is 12.5. The van der Waals surface area contributed by atoms with Crippen molar-refractivity contribution < 1.29 is 28.7 Å². The molecule has 0 fully saturated rings. The van der Waals surface area contributed by atoms with Crippen LogP contribution >= 0.6 is 0 Å². The van der Waals surface area contributed by atoms with E-state index < -0.39 is 47.9 Å². The Balaban J connectivity index is 2.58. The van der Waals surface area contributed by atoms with Crippen molar-refractivity contribution in [3.8, 4) is 5.75 Å². The van der Waals surface area contributed by atoms with Crippen molar-refractivity contribution in [2.45, 2.75) is 91.3 Å². The quantitative estimate of drug-likeness (QED) is 0.263. The second-order valence-corrected chi connectivity index (χ2v) is 11.4. The van der Waals surface area contributed by atoms with Gasteiger partial charge in [-0.05, 0) is 76.4 Å². The van der Waals surface area contributed by atoms with E-state index in [0.717, 1.165) is 30.4 Å². The van der Waals surface area contributed by atoms with Crippen LogP contribution in [0, 0.1) is 13.8 Å². The number of methoxy groups -OCH3 is 1. The fourth-order valence-corrected chi connectivity index (χ4v) is 4.59. The minimum atomic E-state index is -1.33. The highest BCUT2D eigenvalue weighted by atomic mass is 16.6. The Morgan fingerprint density at radius 1 is 0.976 bits per heavy atom. The van der Waals surface area contributed by atoms with Gasteiger partial charge < -0.3 is 30.7 Å². The summed E-state index contributed by atoms with van der Waals surface area (Å²) in [6.45, 7) is 11.2. The summed E-state index contributed by atoms with van der Waals surface area (Å²) in [6, 6.07) is 10.2. The zero-order valence-electron chi connectivity index (χ0n) is 25.9. The molecule has 4 N–H and O–H groups in total. The molecule has 0 bridgehead atoms. The van der Waals surface area contributed by atoms with E-state index in [1.807, 2.05) is 32.0 Å². The van der Waals surface area contributed by atoms with Gasteiger partial charge in [-0.1, -0.05) is 49.9 Å². The molecule has 0 aliphatic heterocycles. The highest BCUT2D eigenvalue weighted by molar-refractivity contribution is 6.00. The first-order valence-electron chi connectivity index (χ1n) is 14.4. The van der Waals surface area contributed by atoms with Crippen molar-refractivity contribution in [3.63, 3.8) is 0 Å². The molecular formula is C32H46N4O6. The van der Waals surface area contributed by atoms with Crippen molar-refractivity contribution in [2.75, 3.05) is 19.0 Å². The molecule has 0 saturated carbocycles. The standard InChI is InChI=1S/C32H46N4O6/c1-8-9-10-11-18-36(30(39)26(20-27(33)37)35-31(40)42-32(4,5)6)28(25-17-12-21(2)19-22(25)3)29(38)34-23-13-15-24(41-7)16-14-23/h12-17,19,26,28H,8-11,18,20H2,1-7H3,(H2,33,37)(H,34,38)(H,35,40). The van der Waals surface area contributed by atoms with Crippen molar-refractivity contribution in [1.29, 1.82) is 0 Å². The molecular weight excluding hydrogens is 536 g/mol. The number of carbonyl (C=O) groups excluding carboxylic acids is 4. The number of unbranched alkanes of at least 4 members (excludes halogenated alkanes) is 3. The van der Waals surface area contributed by atoms with Crippen LogP contribution in [0.1, 0.15) is 82.5 Å². The van der Waals surface area contributed by atoms with Crippen molar-refractivity contribution in [3.05, 3.63) is 59.2 Å². The zero-order chi connectivity index (χ0) is 31.4. The Labute approximate surface area is 249 Å². The zero-order valence-corrected chi connectivity index (χ0v) is 25.9.